The number of carbonyl (C=O) groups excluding carboxylic acids is 1. The van der Waals surface area contributed by atoms with Crippen LogP contribution < -0.4 is 5.32 Å². The molecule has 1 aliphatic rings. The monoisotopic (exact) mass is 159 g/mol. The second-order valence-corrected chi connectivity index (χ2v) is 2.83. The zero-order valence-corrected chi connectivity index (χ0v) is 6.54. The Morgan fingerprint density at radius 1 is 1.82 bits per heavy atom. The van der Waals surface area contributed by atoms with Crippen LogP contribution in [0.2, 0.25) is 0 Å². The number of amides is 1. The summed E-state index contributed by atoms with van der Waals surface area (Å²) < 4.78 is 4.87. The molecule has 0 unspecified atom stereocenters. The van der Waals surface area contributed by atoms with E-state index in [0.717, 1.165) is 0 Å². The first-order valence-corrected chi connectivity index (χ1v) is 3.73. The second kappa shape index (κ2) is 3.69. The van der Waals surface area contributed by atoms with Crippen molar-refractivity contribution in [1.82, 2.24) is 5.32 Å². The highest BCUT2D eigenvalue weighted by Gasteiger charge is 2.22. The number of nitrogens with one attached hydrogen (secondary N) is 1. The summed E-state index contributed by atoms with van der Waals surface area (Å²) in [7, 11) is 0. The normalized spacial score (nSPS) is 20.5. The minimum absolute atomic E-state index is 0.0965. The first-order valence-electron chi connectivity index (χ1n) is 3.73. The van der Waals surface area contributed by atoms with Crippen LogP contribution in [0.1, 0.15) is 6.92 Å². The van der Waals surface area contributed by atoms with Crippen molar-refractivity contribution < 1.29 is 14.6 Å². The molecule has 4 nitrogen and oxygen atoms in total. The average Bonchev–Trinajstić information content (AvgIpc) is 1.94. The molecular formula is C7H13NO3. The van der Waals surface area contributed by atoms with Gasteiger partial charge in [0.2, 0.25) is 5.91 Å². The van der Waals surface area contributed by atoms with E-state index in [2.05, 4.69) is 5.32 Å². The van der Waals surface area contributed by atoms with Crippen LogP contribution in [0, 0.1) is 5.92 Å². The second-order valence-electron chi connectivity index (χ2n) is 2.83. The van der Waals surface area contributed by atoms with Gasteiger partial charge >= 0.3 is 0 Å². The molecule has 0 saturated carbocycles. The van der Waals surface area contributed by atoms with Gasteiger partial charge in [-0.3, -0.25) is 4.79 Å². The lowest BCUT2D eigenvalue weighted by molar-refractivity contribution is -0.129. The highest BCUT2D eigenvalue weighted by molar-refractivity contribution is 5.78. The van der Waals surface area contributed by atoms with Crippen molar-refractivity contribution in [2.24, 2.45) is 5.92 Å². The Labute approximate surface area is 65.5 Å². The molecule has 0 aromatic rings. The van der Waals surface area contributed by atoms with E-state index in [1.165, 1.54) is 0 Å². The first kappa shape index (κ1) is 8.49. The Bertz CT molecular complexity index is 145. The molecule has 0 aromatic carbocycles. The predicted octanol–water partition coefficient (Wildman–Crippen LogP) is -0.870. The summed E-state index contributed by atoms with van der Waals surface area (Å²) in [6.45, 7) is 2.79. The summed E-state index contributed by atoms with van der Waals surface area (Å²) in [6.07, 6.45) is 0. The average molecular weight is 159 g/mol. The smallest absolute Gasteiger partial charge is 0.225 e. The lowest BCUT2D eigenvalue weighted by atomic mass is 10.1. The van der Waals surface area contributed by atoms with Crippen LogP contribution in [-0.4, -0.2) is 36.9 Å². The molecule has 1 aliphatic heterocycles. The van der Waals surface area contributed by atoms with Gasteiger partial charge in [0.05, 0.1) is 31.8 Å². The van der Waals surface area contributed by atoms with E-state index in [9.17, 15) is 4.79 Å². The van der Waals surface area contributed by atoms with E-state index in [-0.39, 0.29) is 24.5 Å². The van der Waals surface area contributed by atoms with Crippen LogP contribution in [0.4, 0.5) is 0 Å². The Kier molecular flexibility index (Phi) is 2.84. The van der Waals surface area contributed by atoms with Gasteiger partial charge in [-0.15, -0.1) is 0 Å². The van der Waals surface area contributed by atoms with Gasteiger partial charge in [-0.2, -0.15) is 0 Å². The molecule has 1 atom stereocenters. The molecule has 1 fully saturated rings. The van der Waals surface area contributed by atoms with Crippen LogP contribution in [0.25, 0.3) is 0 Å². The summed E-state index contributed by atoms with van der Waals surface area (Å²) in [4.78, 5) is 11.1. The molecular weight excluding hydrogens is 146 g/mol. The lowest BCUT2D eigenvalue weighted by Crippen LogP contribution is -2.50. The van der Waals surface area contributed by atoms with Crippen molar-refractivity contribution >= 4 is 5.91 Å². The van der Waals surface area contributed by atoms with E-state index < -0.39 is 0 Å². The fraction of sp³-hybridized carbons (Fsp3) is 0.857. The van der Waals surface area contributed by atoms with Crippen LogP contribution in [-0.2, 0) is 9.53 Å². The Hall–Kier alpha value is -0.610. The molecule has 0 bridgehead atoms. The van der Waals surface area contributed by atoms with Gasteiger partial charge in [0.25, 0.3) is 0 Å². The number of rotatable bonds is 3. The number of hydrogen-bond donors (Lipinski definition) is 2. The lowest BCUT2D eigenvalue weighted by Gasteiger charge is -2.27. The van der Waals surface area contributed by atoms with Crippen molar-refractivity contribution in [3.63, 3.8) is 0 Å². The highest BCUT2D eigenvalue weighted by atomic mass is 16.5. The standard InChI is InChI=1S/C7H13NO3/c1-5(2-9)7(10)8-6-3-11-4-6/h5-6,9H,2-4H2,1H3,(H,8,10)/t5-/m0/s1. The van der Waals surface area contributed by atoms with Crippen LogP contribution in [0.3, 0.4) is 0 Å². The number of hydrogen-bond acceptors (Lipinski definition) is 3. The minimum Gasteiger partial charge on any atom is -0.396 e. The fourth-order valence-corrected chi connectivity index (χ4v) is 0.745. The summed E-state index contributed by atoms with van der Waals surface area (Å²) in [5.41, 5.74) is 0. The summed E-state index contributed by atoms with van der Waals surface area (Å²) in [5.74, 6) is -0.406. The Morgan fingerprint density at radius 3 is 2.82 bits per heavy atom. The maximum absolute atomic E-state index is 11.1. The summed E-state index contributed by atoms with van der Waals surface area (Å²) in [5, 5.41) is 11.4. The maximum atomic E-state index is 11.1. The highest BCUT2D eigenvalue weighted by Crippen LogP contribution is 2.01. The molecule has 1 heterocycles. The van der Waals surface area contributed by atoms with Crippen molar-refractivity contribution in [1.29, 1.82) is 0 Å². The SMILES string of the molecule is C[C@@H](CO)C(=O)NC1COC1. The first-order chi connectivity index (χ1) is 5.24. The van der Waals surface area contributed by atoms with E-state index in [1.807, 2.05) is 0 Å². The molecule has 64 valence electrons. The van der Waals surface area contributed by atoms with Crippen molar-refractivity contribution in [2.45, 2.75) is 13.0 Å². The van der Waals surface area contributed by atoms with Crippen LogP contribution in [0.15, 0.2) is 0 Å². The molecule has 0 spiro atoms. The van der Waals surface area contributed by atoms with Gasteiger partial charge in [0.15, 0.2) is 0 Å². The number of aliphatic hydroxyl groups is 1. The molecule has 0 aliphatic carbocycles. The molecule has 0 radical (unpaired) electrons. The van der Waals surface area contributed by atoms with Gasteiger partial charge in [-0.1, -0.05) is 6.92 Å². The van der Waals surface area contributed by atoms with Gasteiger partial charge in [-0.05, 0) is 0 Å². The fourth-order valence-electron chi connectivity index (χ4n) is 0.745. The van der Waals surface area contributed by atoms with E-state index in [0.29, 0.717) is 13.2 Å². The number of ether oxygens (including phenoxy) is 1. The molecule has 1 amide bonds. The van der Waals surface area contributed by atoms with E-state index in [1.54, 1.807) is 6.92 Å². The minimum atomic E-state index is -0.310. The van der Waals surface area contributed by atoms with Crippen molar-refractivity contribution in [2.75, 3.05) is 19.8 Å². The van der Waals surface area contributed by atoms with Crippen molar-refractivity contribution in [3.8, 4) is 0 Å². The van der Waals surface area contributed by atoms with Gasteiger partial charge in [0, 0.05) is 0 Å². The topological polar surface area (TPSA) is 58.6 Å². The van der Waals surface area contributed by atoms with Gasteiger partial charge < -0.3 is 15.2 Å². The molecule has 2 N–H and O–H groups in total. The molecule has 4 heteroatoms. The quantitative estimate of drug-likeness (QED) is 0.562. The van der Waals surface area contributed by atoms with Crippen LogP contribution in [0.5, 0.6) is 0 Å². The Balaban J connectivity index is 2.19. The third-order valence-corrected chi connectivity index (χ3v) is 1.71. The zero-order chi connectivity index (χ0) is 8.27. The molecule has 11 heavy (non-hydrogen) atoms. The van der Waals surface area contributed by atoms with Crippen molar-refractivity contribution in [3.05, 3.63) is 0 Å². The van der Waals surface area contributed by atoms with Gasteiger partial charge in [-0.25, -0.2) is 0 Å². The molecule has 1 rings (SSSR count). The molecule has 1 saturated heterocycles. The number of aliphatic hydroxyl groups excluding tert-OH is 1. The molecule has 0 aromatic heterocycles. The summed E-state index contributed by atoms with van der Waals surface area (Å²) >= 11 is 0. The van der Waals surface area contributed by atoms with Gasteiger partial charge in [0.1, 0.15) is 0 Å². The Morgan fingerprint density at radius 2 is 2.45 bits per heavy atom. The third-order valence-electron chi connectivity index (χ3n) is 1.71. The maximum Gasteiger partial charge on any atom is 0.225 e. The third kappa shape index (κ3) is 2.17. The zero-order valence-electron chi connectivity index (χ0n) is 6.54. The largest absolute Gasteiger partial charge is 0.396 e. The summed E-state index contributed by atoms with van der Waals surface area (Å²) in [6, 6.07) is 0.163. The van der Waals surface area contributed by atoms with Crippen LogP contribution >= 0.6 is 0 Å². The van der Waals surface area contributed by atoms with E-state index in [4.69, 9.17) is 9.84 Å². The number of carbonyl (C=O) groups is 1. The van der Waals surface area contributed by atoms with E-state index >= 15 is 0 Å². The predicted molar refractivity (Wildman–Crippen MR) is 39.0 cm³/mol.